The number of nitriles is 1. The highest BCUT2D eigenvalue weighted by molar-refractivity contribution is 9.10. The lowest BCUT2D eigenvalue weighted by molar-refractivity contribution is 0.607. The molecular weight excluding hydrogens is 399 g/mol. The van der Waals surface area contributed by atoms with Crippen molar-refractivity contribution in [3.8, 4) is 6.07 Å². The summed E-state index contributed by atoms with van der Waals surface area (Å²) in [6.45, 7) is 0. The average molecular weight is 413 g/mol. The van der Waals surface area contributed by atoms with Gasteiger partial charge in [0.2, 0.25) is 0 Å². The molecule has 0 aliphatic rings. The summed E-state index contributed by atoms with van der Waals surface area (Å²) >= 11 is 4.47. The van der Waals surface area contributed by atoms with Crippen molar-refractivity contribution >= 4 is 33.0 Å². The van der Waals surface area contributed by atoms with Gasteiger partial charge in [0.25, 0.3) is 0 Å². The summed E-state index contributed by atoms with van der Waals surface area (Å²) in [5.41, 5.74) is 2.60. The lowest BCUT2D eigenvalue weighted by Gasteiger charge is -2.10. The maximum atomic E-state index is 14.0. The molecule has 0 fully saturated rings. The molecule has 124 valence electrons. The Morgan fingerprint density at radius 1 is 1.08 bits per heavy atom. The number of aliphatic imine (C=N–C) groups is 1. The molecule has 1 unspecified atom stereocenters. The normalized spacial score (nSPS) is 11.6. The van der Waals surface area contributed by atoms with Gasteiger partial charge in [-0.05, 0) is 15.9 Å². The van der Waals surface area contributed by atoms with E-state index in [2.05, 4.69) is 27.0 Å². The fourth-order valence-electron chi connectivity index (χ4n) is 2.46. The van der Waals surface area contributed by atoms with Crippen LogP contribution in [-0.2, 0) is 6.42 Å². The van der Waals surface area contributed by atoms with E-state index in [1.54, 1.807) is 5.38 Å². The van der Waals surface area contributed by atoms with Crippen LogP contribution in [0.1, 0.15) is 16.0 Å². The second-order valence-electron chi connectivity index (χ2n) is 5.38. The van der Waals surface area contributed by atoms with Crippen LogP contribution in [0.15, 0.2) is 75.5 Å². The van der Waals surface area contributed by atoms with Crippen LogP contribution in [0.5, 0.6) is 0 Å². The molecule has 1 aromatic heterocycles. The van der Waals surface area contributed by atoms with E-state index in [0.29, 0.717) is 9.35 Å². The van der Waals surface area contributed by atoms with Gasteiger partial charge in [-0.3, -0.25) is 4.99 Å². The van der Waals surface area contributed by atoms with Gasteiger partial charge in [-0.25, -0.2) is 4.39 Å². The largest absolute Gasteiger partial charge is 0.265 e. The fraction of sp³-hybridized carbons (Fsp3) is 0.100. The molecule has 0 bridgehead atoms. The van der Waals surface area contributed by atoms with E-state index in [-0.39, 0.29) is 12.2 Å². The van der Waals surface area contributed by atoms with Gasteiger partial charge in [0.1, 0.15) is 6.04 Å². The van der Waals surface area contributed by atoms with E-state index in [1.807, 2.05) is 60.7 Å². The van der Waals surface area contributed by atoms with Crippen molar-refractivity contribution in [3.05, 3.63) is 92.3 Å². The van der Waals surface area contributed by atoms with E-state index in [0.717, 1.165) is 16.8 Å². The first kappa shape index (κ1) is 17.5. The quantitative estimate of drug-likeness (QED) is 0.500. The zero-order chi connectivity index (χ0) is 17.6. The van der Waals surface area contributed by atoms with Crippen molar-refractivity contribution in [1.29, 1.82) is 5.26 Å². The van der Waals surface area contributed by atoms with Crippen molar-refractivity contribution in [2.24, 2.45) is 4.99 Å². The first-order chi connectivity index (χ1) is 12.2. The van der Waals surface area contributed by atoms with Gasteiger partial charge in [-0.15, -0.1) is 11.3 Å². The van der Waals surface area contributed by atoms with Crippen molar-refractivity contribution in [3.63, 3.8) is 0 Å². The number of rotatable bonds is 5. The van der Waals surface area contributed by atoms with Crippen LogP contribution in [0.2, 0.25) is 0 Å². The van der Waals surface area contributed by atoms with Gasteiger partial charge < -0.3 is 0 Å². The van der Waals surface area contributed by atoms with Gasteiger partial charge in [0.05, 0.1) is 16.3 Å². The van der Waals surface area contributed by atoms with Crippen LogP contribution in [-0.4, -0.2) is 11.8 Å². The van der Waals surface area contributed by atoms with Gasteiger partial charge >= 0.3 is 0 Å². The van der Waals surface area contributed by atoms with Crippen LogP contribution in [0.3, 0.4) is 0 Å². The van der Waals surface area contributed by atoms with Crippen LogP contribution in [0, 0.1) is 17.1 Å². The van der Waals surface area contributed by atoms with E-state index in [9.17, 15) is 9.65 Å². The van der Waals surface area contributed by atoms with Crippen molar-refractivity contribution in [2.45, 2.75) is 12.5 Å². The number of nitrogens with zero attached hydrogens (tertiary/aromatic N) is 2. The van der Waals surface area contributed by atoms with E-state index in [4.69, 9.17) is 0 Å². The van der Waals surface area contributed by atoms with Gasteiger partial charge in [-0.2, -0.15) is 5.26 Å². The molecule has 0 saturated carbocycles. The topological polar surface area (TPSA) is 36.1 Å². The molecule has 1 heterocycles. The lowest BCUT2D eigenvalue weighted by atomic mass is 10.0. The van der Waals surface area contributed by atoms with Crippen LogP contribution < -0.4 is 0 Å². The second kappa shape index (κ2) is 8.19. The van der Waals surface area contributed by atoms with Gasteiger partial charge in [0.15, 0.2) is 5.82 Å². The smallest absolute Gasteiger partial charge is 0.151 e. The standard InChI is InChI=1S/C20H14BrFN2S/c21-17-13-25-18(19(17)22)11-16(12-23)24-20(14-7-3-1-4-8-14)15-9-5-2-6-10-15/h1-10,13,16H,11H2. The minimum Gasteiger partial charge on any atom is -0.265 e. The number of thiophene rings is 1. The maximum absolute atomic E-state index is 14.0. The summed E-state index contributed by atoms with van der Waals surface area (Å²) < 4.78 is 14.5. The lowest BCUT2D eigenvalue weighted by Crippen LogP contribution is -2.12. The average Bonchev–Trinajstić information content (AvgIpc) is 2.98. The number of halogens is 2. The van der Waals surface area contributed by atoms with Crippen LogP contribution >= 0.6 is 27.3 Å². The molecule has 5 heteroatoms. The molecule has 0 aliphatic heterocycles. The molecule has 2 nitrogen and oxygen atoms in total. The molecule has 1 atom stereocenters. The Labute approximate surface area is 158 Å². The zero-order valence-corrected chi connectivity index (χ0v) is 15.6. The predicted octanol–water partition coefficient (Wildman–Crippen LogP) is 5.62. The molecule has 0 spiro atoms. The summed E-state index contributed by atoms with van der Waals surface area (Å²) in [7, 11) is 0. The summed E-state index contributed by atoms with van der Waals surface area (Å²) in [5, 5.41) is 11.2. The molecule has 0 amide bonds. The molecule has 2 aromatic carbocycles. The highest BCUT2D eigenvalue weighted by atomic mass is 79.9. The maximum Gasteiger partial charge on any atom is 0.151 e. The van der Waals surface area contributed by atoms with Gasteiger partial charge in [0, 0.05) is 27.8 Å². The highest BCUT2D eigenvalue weighted by Crippen LogP contribution is 2.27. The first-order valence-corrected chi connectivity index (χ1v) is 9.36. The Kier molecular flexibility index (Phi) is 5.75. The molecule has 3 rings (SSSR count). The Bertz CT molecular complexity index is 872. The Morgan fingerprint density at radius 2 is 1.64 bits per heavy atom. The predicted molar refractivity (Wildman–Crippen MR) is 104 cm³/mol. The second-order valence-corrected chi connectivity index (χ2v) is 7.20. The van der Waals surface area contributed by atoms with E-state index >= 15 is 0 Å². The van der Waals surface area contributed by atoms with Crippen molar-refractivity contribution in [2.75, 3.05) is 0 Å². The monoisotopic (exact) mass is 412 g/mol. The molecule has 0 aliphatic carbocycles. The summed E-state index contributed by atoms with van der Waals surface area (Å²) in [6.07, 6.45) is 0.252. The minimum atomic E-state index is -0.657. The molecule has 0 N–H and O–H groups in total. The third-order valence-electron chi connectivity index (χ3n) is 3.67. The Morgan fingerprint density at radius 3 is 2.08 bits per heavy atom. The molecule has 25 heavy (non-hydrogen) atoms. The summed E-state index contributed by atoms with van der Waals surface area (Å²) in [4.78, 5) is 5.19. The summed E-state index contributed by atoms with van der Waals surface area (Å²) in [6, 6.07) is 21.0. The highest BCUT2D eigenvalue weighted by Gasteiger charge is 2.17. The molecule has 0 saturated heterocycles. The molecular formula is C20H14BrFN2S. The summed E-state index contributed by atoms with van der Waals surface area (Å²) in [5.74, 6) is -0.304. The number of hydrogen-bond acceptors (Lipinski definition) is 3. The SMILES string of the molecule is N#CC(Cc1scc(Br)c1F)N=C(c1ccccc1)c1ccccc1. The van der Waals surface area contributed by atoms with E-state index in [1.165, 1.54) is 11.3 Å². The first-order valence-electron chi connectivity index (χ1n) is 7.68. The van der Waals surface area contributed by atoms with Gasteiger partial charge in [-0.1, -0.05) is 60.7 Å². The Hall–Kier alpha value is -2.29. The number of benzene rings is 2. The molecule has 0 radical (unpaired) electrons. The minimum absolute atomic E-state index is 0.252. The third kappa shape index (κ3) is 4.22. The molecule has 3 aromatic rings. The number of hydrogen-bond donors (Lipinski definition) is 0. The fourth-order valence-corrected chi connectivity index (χ4v) is 3.92. The zero-order valence-electron chi connectivity index (χ0n) is 13.2. The van der Waals surface area contributed by atoms with E-state index < -0.39 is 6.04 Å². The van der Waals surface area contributed by atoms with Crippen LogP contribution in [0.25, 0.3) is 0 Å². The van der Waals surface area contributed by atoms with Crippen molar-refractivity contribution < 1.29 is 4.39 Å². The van der Waals surface area contributed by atoms with Crippen LogP contribution in [0.4, 0.5) is 4.39 Å². The van der Waals surface area contributed by atoms with Crippen molar-refractivity contribution in [1.82, 2.24) is 0 Å². The Balaban J connectivity index is 1.99. The third-order valence-corrected chi connectivity index (χ3v) is 5.53.